The van der Waals surface area contributed by atoms with Crippen LogP contribution in [0, 0.1) is 5.92 Å². The smallest absolute Gasteiger partial charge is 0.346 e. The van der Waals surface area contributed by atoms with Gasteiger partial charge in [-0.1, -0.05) is 13.8 Å². The van der Waals surface area contributed by atoms with Crippen molar-refractivity contribution in [3.8, 4) is 0 Å². The summed E-state index contributed by atoms with van der Waals surface area (Å²) in [6.07, 6.45) is 0. The highest BCUT2D eigenvalue weighted by molar-refractivity contribution is 5.41. The van der Waals surface area contributed by atoms with Gasteiger partial charge in [-0.15, -0.1) is 5.10 Å². The molecule has 0 bridgehead atoms. The second-order valence-electron chi connectivity index (χ2n) is 5.21. The molecule has 7 nitrogen and oxygen atoms in total. The summed E-state index contributed by atoms with van der Waals surface area (Å²) >= 11 is 0. The molecule has 0 aromatic carbocycles. The van der Waals surface area contributed by atoms with E-state index in [1.807, 2.05) is 13.8 Å². The van der Waals surface area contributed by atoms with E-state index < -0.39 is 16.9 Å². The first-order valence-electron chi connectivity index (χ1n) is 5.88. The third kappa shape index (κ3) is 1.74. The van der Waals surface area contributed by atoms with Crippen molar-refractivity contribution < 1.29 is 5.11 Å². The zero-order chi connectivity index (χ0) is 13.7. The Morgan fingerprint density at radius 1 is 1.28 bits per heavy atom. The van der Waals surface area contributed by atoms with Crippen LogP contribution in [-0.4, -0.2) is 38.1 Å². The largest absolute Gasteiger partial charge is 0.386 e. The Balaban J connectivity index is 2.34. The maximum Gasteiger partial charge on any atom is 0.346 e. The van der Waals surface area contributed by atoms with Gasteiger partial charge in [-0.3, -0.25) is 9.36 Å². The van der Waals surface area contributed by atoms with Crippen LogP contribution in [0.3, 0.4) is 0 Å². The van der Waals surface area contributed by atoms with Crippen molar-refractivity contribution in [2.45, 2.75) is 19.4 Å². The molecule has 0 spiro atoms. The lowest BCUT2D eigenvalue weighted by Crippen LogP contribution is -2.66. The fourth-order valence-corrected chi connectivity index (χ4v) is 2.01. The maximum absolute atomic E-state index is 11.9. The van der Waals surface area contributed by atoms with E-state index >= 15 is 0 Å². The molecule has 0 unspecified atom stereocenters. The van der Waals surface area contributed by atoms with Crippen LogP contribution in [0.15, 0.2) is 9.59 Å². The minimum atomic E-state index is -0.776. The van der Waals surface area contributed by atoms with E-state index in [0.717, 1.165) is 9.25 Å². The Hall–Kier alpha value is -1.63. The highest BCUT2D eigenvalue weighted by Crippen LogP contribution is 2.30. The molecule has 0 amide bonds. The number of anilines is 1. The highest BCUT2D eigenvalue weighted by atomic mass is 16.3. The first-order chi connectivity index (χ1) is 8.26. The fourth-order valence-electron chi connectivity index (χ4n) is 2.01. The molecular formula is C11H18N4O3. The molecule has 1 saturated heterocycles. The van der Waals surface area contributed by atoms with E-state index in [2.05, 4.69) is 5.10 Å². The van der Waals surface area contributed by atoms with Crippen LogP contribution in [-0.2, 0) is 14.1 Å². The Morgan fingerprint density at radius 2 is 1.83 bits per heavy atom. The van der Waals surface area contributed by atoms with E-state index in [-0.39, 0.29) is 11.7 Å². The number of rotatable bonds is 2. The van der Waals surface area contributed by atoms with Gasteiger partial charge < -0.3 is 10.0 Å². The van der Waals surface area contributed by atoms with Gasteiger partial charge in [0.2, 0.25) is 5.82 Å². The van der Waals surface area contributed by atoms with Gasteiger partial charge in [0.05, 0.1) is 13.1 Å². The summed E-state index contributed by atoms with van der Waals surface area (Å²) in [5.74, 6) is 0.329. The Morgan fingerprint density at radius 3 is 2.33 bits per heavy atom. The first-order valence-corrected chi connectivity index (χ1v) is 5.88. The average molecular weight is 254 g/mol. The maximum atomic E-state index is 11.9. The molecule has 1 aliphatic heterocycles. The Bertz CT molecular complexity index is 581. The van der Waals surface area contributed by atoms with E-state index in [9.17, 15) is 14.7 Å². The molecule has 2 heterocycles. The predicted octanol–water partition coefficient (Wildman–Crippen LogP) is -1.31. The summed E-state index contributed by atoms with van der Waals surface area (Å²) in [6.45, 7) is 4.60. The third-order valence-electron chi connectivity index (χ3n) is 3.61. The summed E-state index contributed by atoms with van der Waals surface area (Å²) < 4.78 is 2.15. The van der Waals surface area contributed by atoms with Gasteiger partial charge in [-0.25, -0.2) is 9.48 Å². The zero-order valence-corrected chi connectivity index (χ0v) is 11.0. The van der Waals surface area contributed by atoms with Gasteiger partial charge in [-0.05, 0) is 5.92 Å². The molecule has 1 aliphatic rings. The van der Waals surface area contributed by atoms with Crippen molar-refractivity contribution in [1.29, 1.82) is 0 Å². The van der Waals surface area contributed by atoms with Crippen LogP contribution in [0.5, 0.6) is 0 Å². The summed E-state index contributed by atoms with van der Waals surface area (Å²) in [7, 11) is 2.92. The number of aromatic nitrogens is 3. The van der Waals surface area contributed by atoms with Gasteiger partial charge >= 0.3 is 5.69 Å². The quantitative estimate of drug-likeness (QED) is 0.708. The normalized spacial score (nSPS) is 18.0. The highest BCUT2D eigenvalue weighted by Gasteiger charge is 2.45. The lowest BCUT2D eigenvalue weighted by molar-refractivity contribution is -0.0308. The summed E-state index contributed by atoms with van der Waals surface area (Å²) in [4.78, 5) is 25.1. The fraction of sp³-hybridized carbons (Fsp3) is 0.727. The molecule has 0 saturated carbocycles. The molecular weight excluding hydrogens is 236 g/mol. The number of aryl methyl sites for hydroxylation is 1. The van der Waals surface area contributed by atoms with Crippen molar-refractivity contribution in [3.63, 3.8) is 0 Å². The summed E-state index contributed by atoms with van der Waals surface area (Å²) in [6, 6.07) is 0. The van der Waals surface area contributed by atoms with Crippen molar-refractivity contribution in [2.75, 3.05) is 18.0 Å². The topological polar surface area (TPSA) is 80.4 Å². The van der Waals surface area contributed by atoms with Gasteiger partial charge in [-0.2, -0.15) is 0 Å². The first kappa shape index (κ1) is 12.8. The number of aliphatic hydroxyl groups is 1. The Labute approximate surface area is 104 Å². The molecule has 0 radical (unpaired) electrons. The molecule has 7 heteroatoms. The predicted molar refractivity (Wildman–Crippen MR) is 66.7 cm³/mol. The number of nitrogens with zero attached hydrogens (tertiary/aromatic N) is 4. The molecule has 18 heavy (non-hydrogen) atoms. The minimum absolute atomic E-state index is 0.116. The van der Waals surface area contributed by atoms with Crippen LogP contribution in [0.25, 0.3) is 0 Å². The SMILES string of the molecule is CC(C)C1(O)CN(c2nn(C)c(=O)n(C)c2=O)C1. The molecule has 0 aliphatic carbocycles. The van der Waals surface area contributed by atoms with Crippen LogP contribution < -0.4 is 16.1 Å². The molecule has 1 aromatic heterocycles. The second-order valence-corrected chi connectivity index (χ2v) is 5.21. The number of hydrogen-bond donors (Lipinski definition) is 1. The monoisotopic (exact) mass is 254 g/mol. The lowest BCUT2D eigenvalue weighted by atomic mass is 9.83. The van der Waals surface area contributed by atoms with Crippen LogP contribution in [0.2, 0.25) is 0 Å². The van der Waals surface area contributed by atoms with Crippen molar-refractivity contribution in [2.24, 2.45) is 20.0 Å². The standard InChI is InChI=1S/C11H18N4O3/c1-7(2)11(18)5-15(6-11)8-9(16)13(3)10(17)14(4)12-8/h7,18H,5-6H2,1-4H3. The van der Waals surface area contributed by atoms with Gasteiger partial charge in [0.1, 0.15) is 5.60 Å². The minimum Gasteiger partial charge on any atom is -0.386 e. The molecule has 1 fully saturated rings. The van der Waals surface area contributed by atoms with Crippen molar-refractivity contribution >= 4 is 5.82 Å². The third-order valence-corrected chi connectivity index (χ3v) is 3.61. The van der Waals surface area contributed by atoms with Crippen molar-refractivity contribution in [1.82, 2.24) is 14.3 Å². The molecule has 100 valence electrons. The van der Waals surface area contributed by atoms with E-state index in [1.54, 1.807) is 4.90 Å². The molecule has 0 atom stereocenters. The zero-order valence-electron chi connectivity index (χ0n) is 11.0. The van der Waals surface area contributed by atoms with Crippen LogP contribution in [0.1, 0.15) is 13.8 Å². The molecule has 2 rings (SSSR count). The number of β-amino-alcohol motifs (C(OH)–C–C–N with tert-alkyl or cyclic N) is 1. The van der Waals surface area contributed by atoms with E-state index in [4.69, 9.17) is 0 Å². The summed E-state index contributed by atoms with van der Waals surface area (Å²) in [5.41, 5.74) is -1.66. The Kier molecular flexibility index (Phi) is 2.81. The van der Waals surface area contributed by atoms with Crippen LogP contribution in [0.4, 0.5) is 5.82 Å². The summed E-state index contributed by atoms with van der Waals surface area (Å²) in [5, 5.41) is 14.1. The number of hydrogen-bond acceptors (Lipinski definition) is 5. The lowest BCUT2D eigenvalue weighted by Gasteiger charge is -2.49. The van der Waals surface area contributed by atoms with Gasteiger partial charge in [0.15, 0.2) is 0 Å². The van der Waals surface area contributed by atoms with Crippen LogP contribution >= 0.6 is 0 Å². The second kappa shape index (κ2) is 3.94. The average Bonchev–Trinajstić information content (AvgIpc) is 2.27. The van der Waals surface area contributed by atoms with Gasteiger partial charge in [0.25, 0.3) is 5.56 Å². The van der Waals surface area contributed by atoms with Gasteiger partial charge in [0, 0.05) is 14.1 Å². The van der Waals surface area contributed by atoms with Crippen molar-refractivity contribution in [3.05, 3.63) is 20.8 Å². The molecule has 1 N–H and O–H groups in total. The van der Waals surface area contributed by atoms with E-state index in [0.29, 0.717) is 13.1 Å². The van der Waals surface area contributed by atoms with E-state index in [1.165, 1.54) is 14.1 Å². The molecule has 1 aromatic rings.